The lowest BCUT2D eigenvalue weighted by Crippen LogP contribution is -2.45. The van der Waals surface area contributed by atoms with Gasteiger partial charge in [0.15, 0.2) is 0 Å². The van der Waals surface area contributed by atoms with Crippen molar-refractivity contribution in [2.45, 2.75) is 71.1 Å². The molecule has 0 aliphatic heterocycles. The summed E-state index contributed by atoms with van der Waals surface area (Å²) in [4.78, 5) is 11.4. The van der Waals surface area contributed by atoms with Crippen LogP contribution in [0.4, 0.5) is 0 Å². The van der Waals surface area contributed by atoms with Gasteiger partial charge in [0.2, 0.25) is 0 Å². The van der Waals surface area contributed by atoms with E-state index in [1.807, 2.05) is 38.1 Å². The summed E-state index contributed by atoms with van der Waals surface area (Å²) in [7, 11) is 0. The van der Waals surface area contributed by atoms with Crippen molar-refractivity contribution in [2.24, 2.45) is 5.92 Å². The van der Waals surface area contributed by atoms with Crippen LogP contribution in [0.25, 0.3) is 6.08 Å². The topological polar surface area (TPSA) is 78.8 Å². The highest BCUT2D eigenvalue weighted by atomic mass is 16.5. The molecule has 3 rings (SSSR count). The van der Waals surface area contributed by atoms with Crippen LogP contribution >= 0.6 is 0 Å². The van der Waals surface area contributed by atoms with Crippen molar-refractivity contribution < 1.29 is 19.7 Å². The number of hydrogen-bond acceptors (Lipinski definition) is 4. The summed E-state index contributed by atoms with van der Waals surface area (Å²) in [5.41, 5.74) is 4.96. The van der Waals surface area contributed by atoms with Crippen LogP contribution in [0.5, 0.6) is 0 Å². The van der Waals surface area contributed by atoms with Crippen LogP contribution in [0.3, 0.4) is 0 Å². The molecule has 0 amide bonds. The van der Waals surface area contributed by atoms with E-state index in [2.05, 4.69) is 43.4 Å². The van der Waals surface area contributed by atoms with Crippen molar-refractivity contribution in [1.82, 2.24) is 5.32 Å². The van der Waals surface area contributed by atoms with E-state index in [0.29, 0.717) is 24.5 Å². The van der Waals surface area contributed by atoms with Gasteiger partial charge >= 0.3 is 5.97 Å². The summed E-state index contributed by atoms with van der Waals surface area (Å²) in [6.07, 6.45) is 4.56. The summed E-state index contributed by atoms with van der Waals surface area (Å²) in [6.45, 7) is 8.82. The highest BCUT2D eigenvalue weighted by Gasteiger charge is 2.28. The van der Waals surface area contributed by atoms with Crippen LogP contribution in [0.2, 0.25) is 0 Å². The van der Waals surface area contributed by atoms with Crippen molar-refractivity contribution in [3.05, 3.63) is 76.4 Å². The number of nitrogens with one attached hydrogen (secondary N) is 1. The average molecular weight is 466 g/mol. The quantitative estimate of drug-likeness (QED) is 0.377. The number of aliphatic carboxylic acids is 1. The second-order valence-electron chi connectivity index (χ2n) is 10.1. The van der Waals surface area contributed by atoms with Crippen LogP contribution in [0.1, 0.15) is 68.9 Å². The fourth-order valence-electron chi connectivity index (χ4n) is 4.90. The van der Waals surface area contributed by atoms with Crippen LogP contribution < -0.4 is 5.32 Å². The Morgan fingerprint density at radius 1 is 1.15 bits per heavy atom. The number of rotatable bonds is 12. The number of ether oxygens (including phenoxy) is 1. The van der Waals surface area contributed by atoms with Crippen LogP contribution in [0.15, 0.2) is 54.1 Å². The molecular formula is C29H39NO4. The number of carboxylic acid groups (broad SMARTS) is 1. The molecule has 5 heteroatoms. The number of aliphatic hydroxyl groups excluding tert-OH is 1. The maximum absolute atomic E-state index is 11.4. The number of carbonyl (C=O) groups is 1. The summed E-state index contributed by atoms with van der Waals surface area (Å²) < 4.78 is 5.98. The fraction of sp³-hybridized carbons (Fsp3) is 0.483. The van der Waals surface area contributed by atoms with Crippen molar-refractivity contribution in [1.29, 1.82) is 0 Å². The van der Waals surface area contributed by atoms with Crippen molar-refractivity contribution >= 4 is 12.0 Å². The third kappa shape index (κ3) is 7.26. The number of fused-ring (bicyclic) bond motifs is 1. The molecule has 1 aliphatic rings. The highest BCUT2D eigenvalue weighted by molar-refractivity contribution is 5.92. The predicted molar refractivity (Wildman–Crippen MR) is 137 cm³/mol. The lowest BCUT2D eigenvalue weighted by atomic mass is 9.88. The minimum absolute atomic E-state index is 0.0793. The summed E-state index contributed by atoms with van der Waals surface area (Å²) in [5.74, 6) is -0.284. The number of benzene rings is 2. The molecule has 0 unspecified atom stereocenters. The number of aliphatic hydroxyl groups is 1. The number of β-amino-alcohol motifs (C(OH)–C–C–N with tert-alkyl or cyclic N) is 1. The lowest BCUT2D eigenvalue weighted by molar-refractivity contribution is -0.132. The normalized spacial score (nSPS) is 16.3. The van der Waals surface area contributed by atoms with Gasteiger partial charge in [-0.15, -0.1) is 0 Å². The Morgan fingerprint density at radius 3 is 2.38 bits per heavy atom. The molecule has 0 saturated heterocycles. The van der Waals surface area contributed by atoms with Gasteiger partial charge in [-0.3, -0.25) is 0 Å². The zero-order chi connectivity index (χ0) is 24.7. The molecule has 0 aromatic heterocycles. The van der Waals surface area contributed by atoms with E-state index in [-0.39, 0.29) is 18.2 Å². The Kier molecular flexibility index (Phi) is 9.06. The van der Waals surface area contributed by atoms with Gasteiger partial charge in [-0.2, -0.15) is 0 Å². The smallest absolute Gasteiger partial charge is 0.331 e. The second-order valence-corrected chi connectivity index (χ2v) is 10.1. The summed E-state index contributed by atoms with van der Waals surface area (Å²) in [6, 6.07) is 16.3. The van der Waals surface area contributed by atoms with Gasteiger partial charge in [-0.05, 0) is 80.7 Å². The zero-order valence-electron chi connectivity index (χ0n) is 20.9. The Hall–Kier alpha value is -2.47. The van der Waals surface area contributed by atoms with Gasteiger partial charge in [0, 0.05) is 17.7 Å². The fourth-order valence-corrected chi connectivity index (χ4v) is 4.90. The lowest BCUT2D eigenvalue weighted by Gasteiger charge is -2.31. The Bertz CT molecular complexity index is 972. The molecule has 0 heterocycles. The molecular weight excluding hydrogens is 426 g/mol. The van der Waals surface area contributed by atoms with E-state index >= 15 is 0 Å². The number of carboxylic acids is 1. The van der Waals surface area contributed by atoms with Gasteiger partial charge in [-0.25, -0.2) is 4.79 Å². The molecule has 2 atom stereocenters. The predicted octanol–water partition coefficient (Wildman–Crippen LogP) is 5.18. The van der Waals surface area contributed by atoms with Gasteiger partial charge in [-0.1, -0.05) is 55.5 Å². The van der Waals surface area contributed by atoms with Crippen molar-refractivity contribution in [2.75, 3.05) is 13.2 Å². The van der Waals surface area contributed by atoms with E-state index in [1.165, 1.54) is 11.1 Å². The molecule has 0 fully saturated rings. The van der Waals surface area contributed by atoms with Gasteiger partial charge < -0.3 is 20.3 Å². The average Bonchev–Trinajstić information content (AvgIpc) is 3.21. The highest BCUT2D eigenvalue weighted by Crippen LogP contribution is 2.32. The van der Waals surface area contributed by atoms with Crippen LogP contribution in [-0.2, 0) is 22.4 Å². The maximum Gasteiger partial charge on any atom is 0.331 e. The van der Waals surface area contributed by atoms with Gasteiger partial charge in [0.1, 0.15) is 0 Å². The summed E-state index contributed by atoms with van der Waals surface area (Å²) >= 11 is 0. The van der Waals surface area contributed by atoms with E-state index in [4.69, 9.17) is 4.74 Å². The first-order valence-electron chi connectivity index (χ1n) is 12.3. The molecule has 1 aliphatic carbocycles. The van der Waals surface area contributed by atoms with E-state index in [0.717, 1.165) is 30.4 Å². The zero-order valence-corrected chi connectivity index (χ0v) is 20.9. The third-order valence-corrected chi connectivity index (χ3v) is 6.71. The molecule has 0 spiro atoms. The minimum Gasteiger partial charge on any atom is -0.478 e. The van der Waals surface area contributed by atoms with Crippen LogP contribution in [0, 0.1) is 5.92 Å². The molecule has 184 valence electrons. The monoisotopic (exact) mass is 465 g/mol. The van der Waals surface area contributed by atoms with Crippen molar-refractivity contribution in [3.63, 3.8) is 0 Å². The third-order valence-electron chi connectivity index (χ3n) is 6.71. The molecule has 5 nitrogen and oxygen atoms in total. The molecule has 2 aromatic carbocycles. The van der Waals surface area contributed by atoms with E-state index in [1.54, 1.807) is 6.08 Å². The van der Waals surface area contributed by atoms with Gasteiger partial charge in [0.25, 0.3) is 0 Å². The second kappa shape index (κ2) is 11.8. The first-order valence-corrected chi connectivity index (χ1v) is 12.3. The molecule has 0 bridgehead atoms. The Morgan fingerprint density at radius 2 is 1.76 bits per heavy atom. The maximum atomic E-state index is 11.4. The molecule has 0 saturated carbocycles. The minimum atomic E-state index is -0.906. The van der Waals surface area contributed by atoms with Crippen LogP contribution in [-0.4, -0.2) is 41.0 Å². The van der Waals surface area contributed by atoms with E-state index in [9.17, 15) is 15.0 Å². The first kappa shape index (κ1) is 26.1. The SMILES string of the molecule is CCC(=Cc1ccccc1[C@@H](C)OC[C@H](O)CNC(C)(C)CC1Cc2ccccc2C1)C(=O)O. The van der Waals surface area contributed by atoms with E-state index < -0.39 is 12.1 Å². The number of hydrogen-bond donors (Lipinski definition) is 3. The molecule has 34 heavy (non-hydrogen) atoms. The van der Waals surface area contributed by atoms with Gasteiger partial charge in [0.05, 0.1) is 18.8 Å². The first-order chi connectivity index (χ1) is 16.2. The Labute approximate surface area is 203 Å². The van der Waals surface area contributed by atoms with Crippen molar-refractivity contribution in [3.8, 4) is 0 Å². The molecule has 0 radical (unpaired) electrons. The summed E-state index contributed by atoms with van der Waals surface area (Å²) in [5, 5.41) is 23.4. The molecule has 2 aromatic rings. The largest absolute Gasteiger partial charge is 0.478 e. The Balaban J connectivity index is 1.49. The standard InChI is InChI=1S/C29H39NO4/c1-5-22(28(32)33)16-25-12-8-9-13-27(25)20(2)34-19-26(31)18-30-29(3,4)17-21-14-23-10-6-7-11-24(23)15-21/h6-13,16,20-21,26,30-31H,5,14-15,17-19H2,1-4H3,(H,32,33)/t20-,26-/m1/s1. The molecule has 3 N–H and O–H groups in total.